The molecule has 0 radical (unpaired) electrons. The Morgan fingerprint density at radius 2 is 2.12 bits per heavy atom. The van der Waals surface area contributed by atoms with E-state index in [1.807, 2.05) is 0 Å². The third kappa shape index (κ3) is 4.13. The second kappa shape index (κ2) is 8.07. The van der Waals surface area contributed by atoms with Gasteiger partial charge in [0.25, 0.3) is 5.88 Å². The Kier molecular flexibility index (Phi) is 5.45. The van der Waals surface area contributed by atoms with Crippen LogP contribution in [0.25, 0.3) is 0 Å². The molecule has 3 aliphatic rings. The molecule has 178 valence electrons. The summed E-state index contributed by atoms with van der Waals surface area (Å²) >= 11 is 0. The summed E-state index contributed by atoms with van der Waals surface area (Å²) in [5.74, 6) is 0.224. The molecule has 2 aliphatic heterocycles. The van der Waals surface area contributed by atoms with E-state index in [4.69, 9.17) is 4.74 Å². The van der Waals surface area contributed by atoms with Crippen LogP contribution >= 0.6 is 0 Å². The quantitative estimate of drug-likeness (QED) is 0.705. The van der Waals surface area contributed by atoms with Crippen LogP contribution in [0.15, 0.2) is 30.5 Å². The van der Waals surface area contributed by atoms with Crippen molar-refractivity contribution in [1.82, 2.24) is 19.2 Å². The second-order valence-electron chi connectivity index (χ2n) is 9.30. The van der Waals surface area contributed by atoms with Gasteiger partial charge in [0.05, 0.1) is 24.0 Å². The maximum atomic E-state index is 14.0. The van der Waals surface area contributed by atoms with Gasteiger partial charge in [-0.15, -0.1) is 0 Å². The van der Waals surface area contributed by atoms with Gasteiger partial charge in [-0.05, 0) is 50.8 Å². The van der Waals surface area contributed by atoms with Crippen molar-refractivity contribution in [2.24, 2.45) is 0 Å². The summed E-state index contributed by atoms with van der Waals surface area (Å²) in [6.45, 7) is 3.48. The van der Waals surface area contributed by atoms with Gasteiger partial charge in [0.15, 0.2) is 5.75 Å². The Morgan fingerprint density at radius 1 is 1.33 bits per heavy atom. The van der Waals surface area contributed by atoms with Crippen molar-refractivity contribution in [3.05, 3.63) is 42.1 Å². The maximum absolute atomic E-state index is 14.0. The highest BCUT2D eigenvalue weighted by atomic mass is 32.2. The first-order valence-corrected chi connectivity index (χ1v) is 12.6. The molecule has 1 aromatic carbocycles. The molecule has 2 aromatic rings. The van der Waals surface area contributed by atoms with Crippen molar-refractivity contribution in [3.63, 3.8) is 0 Å². The Hall–Kier alpha value is -2.50. The zero-order valence-corrected chi connectivity index (χ0v) is 19.5. The molecular weight excluding hydrogens is 449 g/mol. The molecule has 0 amide bonds. The van der Waals surface area contributed by atoms with Gasteiger partial charge in [0, 0.05) is 26.2 Å². The van der Waals surface area contributed by atoms with Gasteiger partial charge in [0.1, 0.15) is 17.7 Å². The topological polar surface area (TPSA) is 99.1 Å². The van der Waals surface area contributed by atoms with Crippen LogP contribution in [0.5, 0.6) is 11.6 Å². The third-order valence-electron chi connectivity index (χ3n) is 6.71. The summed E-state index contributed by atoms with van der Waals surface area (Å²) in [4.78, 5) is 10.9. The summed E-state index contributed by atoms with van der Waals surface area (Å²) < 4.78 is 48.8. The first-order valence-electron chi connectivity index (χ1n) is 11.2. The number of piperidine rings is 1. The Morgan fingerprint density at radius 3 is 2.82 bits per heavy atom. The summed E-state index contributed by atoms with van der Waals surface area (Å²) in [5.41, 5.74) is -0.309. The number of nitrogens with zero attached hydrogens (tertiary/aromatic N) is 5. The number of likely N-dealkylation sites (tertiary alicyclic amines) is 1. The van der Waals surface area contributed by atoms with Gasteiger partial charge in [-0.2, -0.15) is 17.7 Å². The molecule has 1 spiro atoms. The number of rotatable bonds is 5. The minimum atomic E-state index is -3.75. The van der Waals surface area contributed by atoms with Crippen LogP contribution in [-0.4, -0.2) is 70.5 Å². The lowest BCUT2D eigenvalue weighted by molar-refractivity contribution is 0.0975. The van der Waals surface area contributed by atoms with E-state index >= 15 is 0 Å². The molecule has 3 fully saturated rings. The van der Waals surface area contributed by atoms with E-state index in [0.29, 0.717) is 44.0 Å². The zero-order valence-electron chi connectivity index (χ0n) is 18.7. The van der Waals surface area contributed by atoms with Crippen LogP contribution < -0.4 is 9.04 Å². The lowest BCUT2D eigenvalue weighted by Crippen LogP contribution is -2.57. The molecule has 1 aliphatic carbocycles. The van der Waals surface area contributed by atoms with Crippen LogP contribution in [0.4, 0.5) is 10.1 Å². The number of hydrogen-bond acceptors (Lipinski definition) is 7. The van der Waals surface area contributed by atoms with Crippen molar-refractivity contribution in [1.29, 1.82) is 0 Å². The van der Waals surface area contributed by atoms with E-state index in [0.717, 1.165) is 12.8 Å². The van der Waals surface area contributed by atoms with Crippen LogP contribution in [0.3, 0.4) is 0 Å². The van der Waals surface area contributed by atoms with E-state index in [2.05, 4.69) is 21.8 Å². The molecule has 1 saturated carbocycles. The van der Waals surface area contributed by atoms with Crippen molar-refractivity contribution in [2.45, 2.75) is 56.8 Å². The van der Waals surface area contributed by atoms with Gasteiger partial charge in [0.2, 0.25) is 0 Å². The molecule has 5 rings (SSSR count). The van der Waals surface area contributed by atoms with Gasteiger partial charge < -0.3 is 9.84 Å². The molecule has 1 aromatic heterocycles. The molecule has 2 atom stereocenters. The number of halogens is 1. The van der Waals surface area contributed by atoms with Crippen LogP contribution in [0.1, 0.15) is 38.4 Å². The van der Waals surface area contributed by atoms with Crippen molar-refractivity contribution < 1.29 is 22.7 Å². The standard InChI is InChI=1S/C22H28FN5O4S/c1-15-11-22(14-26(2)33(30,31)28(22)17-5-3-4-16(23)10-17)8-9-27(15)13-20-24-12-19(29)21(25-20)32-18-6-7-18/h3-5,10,12,15,18,29H,6-9,11,13-14H2,1-2H3/t15-,22+/m0/s1. The Bertz CT molecular complexity index is 1160. The van der Waals surface area contributed by atoms with Crippen molar-refractivity contribution >= 4 is 15.9 Å². The third-order valence-corrected chi connectivity index (χ3v) is 8.69. The molecular formula is C22H28FN5O4S. The number of aromatic nitrogens is 2. The fraction of sp³-hybridized carbons (Fsp3) is 0.545. The molecule has 2 saturated heterocycles. The van der Waals surface area contributed by atoms with Gasteiger partial charge in [-0.1, -0.05) is 6.07 Å². The zero-order chi connectivity index (χ0) is 23.4. The lowest BCUT2D eigenvalue weighted by atomic mass is 9.83. The molecule has 33 heavy (non-hydrogen) atoms. The predicted molar refractivity (Wildman–Crippen MR) is 120 cm³/mol. The number of anilines is 1. The average molecular weight is 478 g/mol. The van der Waals surface area contributed by atoms with Gasteiger partial charge in [-0.25, -0.2) is 9.37 Å². The molecule has 0 bridgehead atoms. The van der Waals surface area contributed by atoms with Gasteiger partial charge in [-0.3, -0.25) is 9.21 Å². The van der Waals surface area contributed by atoms with E-state index in [9.17, 15) is 17.9 Å². The smallest absolute Gasteiger partial charge is 0.304 e. The minimum Gasteiger partial charge on any atom is -0.502 e. The predicted octanol–water partition coefficient (Wildman–Crippen LogP) is 2.28. The number of hydrogen-bond donors (Lipinski definition) is 1. The van der Waals surface area contributed by atoms with Crippen LogP contribution in [0.2, 0.25) is 0 Å². The largest absolute Gasteiger partial charge is 0.502 e. The Labute approximate surface area is 193 Å². The minimum absolute atomic E-state index is 0.0294. The van der Waals surface area contributed by atoms with Crippen molar-refractivity contribution in [3.8, 4) is 11.6 Å². The average Bonchev–Trinajstić information content (AvgIpc) is 3.53. The first-order chi connectivity index (χ1) is 15.7. The number of aromatic hydroxyl groups is 1. The van der Waals surface area contributed by atoms with E-state index < -0.39 is 21.6 Å². The molecule has 9 nitrogen and oxygen atoms in total. The normalized spacial score (nSPS) is 27.8. The Balaban J connectivity index is 1.37. The summed E-state index contributed by atoms with van der Waals surface area (Å²) in [7, 11) is -2.18. The molecule has 0 unspecified atom stereocenters. The van der Waals surface area contributed by atoms with Gasteiger partial charge >= 0.3 is 10.2 Å². The summed E-state index contributed by atoms with van der Waals surface area (Å²) in [6, 6.07) is 5.80. The number of benzene rings is 1. The van der Waals surface area contributed by atoms with E-state index in [1.165, 1.54) is 33.0 Å². The van der Waals surface area contributed by atoms with Crippen LogP contribution in [0, 0.1) is 5.82 Å². The van der Waals surface area contributed by atoms with Crippen molar-refractivity contribution in [2.75, 3.05) is 24.4 Å². The molecule has 11 heteroatoms. The van der Waals surface area contributed by atoms with Crippen LogP contribution in [-0.2, 0) is 16.8 Å². The summed E-state index contributed by atoms with van der Waals surface area (Å²) in [5, 5.41) is 9.98. The fourth-order valence-corrected chi connectivity index (χ4v) is 6.73. The highest BCUT2D eigenvalue weighted by Gasteiger charge is 2.55. The highest BCUT2D eigenvalue weighted by molar-refractivity contribution is 7.90. The first kappa shape index (κ1) is 22.3. The van der Waals surface area contributed by atoms with E-state index in [-0.39, 0.29) is 23.8 Å². The number of likely N-dealkylation sites (N-methyl/N-ethyl adjacent to an activating group) is 1. The second-order valence-corrected chi connectivity index (χ2v) is 11.2. The lowest BCUT2D eigenvalue weighted by Gasteiger charge is -2.46. The fourth-order valence-electron chi connectivity index (χ4n) is 4.95. The molecule has 3 heterocycles. The maximum Gasteiger partial charge on any atom is 0.304 e. The summed E-state index contributed by atoms with van der Waals surface area (Å²) in [6.07, 6.45) is 4.56. The monoisotopic (exact) mass is 477 g/mol. The van der Waals surface area contributed by atoms with E-state index in [1.54, 1.807) is 13.1 Å². The SMILES string of the molecule is C[C@H]1C[C@]2(CCN1Cc1ncc(O)c(OC3CC3)n1)CN(C)S(=O)(=O)N2c1cccc(F)c1. The highest BCUT2D eigenvalue weighted by Crippen LogP contribution is 2.44. The molecule has 1 N–H and O–H groups in total. The number of ether oxygens (including phenoxy) is 1.